The number of esters is 1. The zero-order valence-corrected chi connectivity index (χ0v) is 18.4. The molecule has 0 radical (unpaired) electrons. The molecule has 0 heterocycles. The Balaban J connectivity index is 3.12. The highest BCUT2D eigenvalue weighted by Gasteiger charge is 2.33. The van der Waals surface area contributed by atoms with Crippen LogP contribution in [0, 0.1) is 0 Å². The molecule has 2 unspecified atom stereocenters. The number of carbonyl (C=O) groups excluding carboxylic acids is 2. The fourth-order valence-electron chi connectivity index (χ4n) is 2.85. The van der Waals surface area contributed by atoms with Gasteiger partial charge in [-0.3, -0.25) is 0 Å². The van der Waals surface area contributed by atoms with Crippen molar-refractivity contribution >= 4 is 23.7 Å². The Kier molecular flexibility index (Phi) is 9.42. The fourth-order valence-corrected chi connectivity index (χ4v) is 3.04. The molecule has 0 aliphatic rings. The Morgan fingerprint density at radius 1 is 1.20 bits per heavy atom. The number of carbonyl (C=O) groups is 2. The van der Waals surface area contributed by atoms with Crippen molar-refractivity contribution in [2.24, 2.45) is 0 Å². The second-order valence-electron chi connectivity index (χ2n) is 7.90. The van der Waals surface area contributed by atoms with E-state index in [1.54, 1.807) is 52.0 Å². The molecule has 3 atom stereocenters. The summed E-state index contributed by atoms with van der Waals surface area (Å²) in [5, 5.41) is 5.28. The third kappa shape index (κ3) is 9.67. The number of hydrogen-bond donors (Lipinski definition) is 2. The summed E-state index contributed by atoms with van der Waals surface area (Å²) in [6.45, 7) is 5.36. The maximum absolute atomic E-state index is 12.7. The van der Waals surface area contributed by atoms with E-state index in [9.17, 15) is 22.8 Å². The molecular weight excluding hydrogens is 425 g/mol. The number of hydrogen-bond acceptors (Lipinski definition) is 5. The summed E-state index contributed by atoms with van der Waals surface area (Å²) < 4.78 is 48.0. The van der Waals surface area contributed by atoms with E-state index in [0.29, 0.717) is 10.6 Å². The highest BCUT2D eigenvalue weighted by Crippen LogP contribution is 2.28. The third-order valence-electron chi connectivity index (χ3n) is 4.17. The maximum Gasteiger partial charge on any atom is 0.408 e. The van der Waals surface area contributed by atoms with Crippen molar-refractivity contribution in [1.29, 1.82) is 0 Å². The second kappa shape index (κ2) is 10.9. The number of benzene rings is 1. The standard InChI is InChI=1S/C20H28ClF3N2O4/c1-12(25-11-20(22,23)24)15(13-7-6-8-14(21)9-13)10-16(17(27)29-5)26-18(28)30-19(2,3)4/h6-9,12,15-16,25H,10-11H2,1-5H3,(H,26,28)/t12?,15?,16-/m1/s1. The van der Waals surface area contributed by atoms with Crippen LogP contribution in [-0.4, -0.2) is 49.6 Å². The minimum absolute atomic E-state index is 0.0295. The van der Waals surface area contributed by atoms with E-state index in [-0.39, 0.29) is 6.42 Å². The van der Waals surface area contributed by atoms with E-state index < -0.39 is 48.4 Å². The van der Waals surface area contributed by atoms with Gasteiger partial charge < -0.3 is 20.1 Å². The van der Waals surface area contributed by atoms with Crippen LogP contribution < -0.4 is 10.6 Å². The van der Waals surface area contributed by atoms with Gasteiger partial charge >= 0.3 is 18.2 Å². The molecular formula is C20H28ClF3N2O4. The van der Waals surface area contributed by atoms with Crippen LogP contribution in [-0.2, 0) is 14.3 Å². The molecule has 1 aromatic rings. The van der Waals surface area contributed by atoms with Crippen molar-refractivity contribution in [2.45, 2.75) is 63.9 Å². The van der Waals surface area contributed by atoms with Crippen LogP contribution in [0.3, 0.4) is 0 Å². The van der Waals surface area contributed by atoms with Gasteiger partial charge in [0.2, 0.25) is 0 Å². The number of alkyl carbamates (subject to hydrolysis) is 1. The largest absolute Gasteiger partial charge is 0.467 e. The van der Waals surface area contributed by atoms with Gasteiger partial charge in [-0.2, -0.15) is 13.2 Å². The molecule has 0 saturated carbocycles. The van der Waals surface area contributed by atoms with E-state index >= 15 is 0 Å². The Bertz CT molecular complexity index is 723. The zero-order valence-electron chi connectivity index (χ0n) is 17.6. The molecule has 6 nitrogen and oxygen atoms in total. The molecule has 0 spiro atoms. The highest BCUT2D eigenvalue weighted by atomic mass is 35.5. The van der Waals surface area contributed by atoms with Crippen LogP contribution in [0.5, 0.6) is 0 Å². The summed E-state index contributed by atoms with van der Waals surface area (Å²) in [6, 6.07) is 4.77. The lowest BCUT2D eigenvalue weighted by Crippen LogP contribution is -2.47. The smallest absolute Gasteiger partial charge is 0.408 e. The van der Waals surface area contributed by atoms with Gasteiger partial charge in [-0.15, -0.1) is 0 Å². The van der Waals surface area contributed by atoms with Gasteiger partial charge in [0.15, 0.2) is 0 Å². The second-order valence-corrected chi connectivity index (χ2v) is 8.34. The van der Waals surface area contributed by atoms with Crippen molar-refractivity contribution < 1.29 is 32.2 Å². The Morgan fingerprint density at radius 2 is 1.83 bits per heavy atom. The molecule has 10 heteroatoms. The first-order chi connectivity index (χ1) is 13.7. The Hall–Kier alpha value is -2.00. The van der Waals surface area contributed by atoms with Crippen LogP contribution in [0.25, 0.3) is 0 Å². The molecule has 0 saturated heterocycles. The van der Waals surface area contributed by atoms with Gasteiger partial charge in [-0.25, -0.2) is 9.59 Å². The number of nitrogens with one attached hydrogen (secondary N) is 2. The van der Waals surface area contributed by atoms with Gasteiger partial charge in [0.05, 0.1) is 13.7 Å². The normalized spacial score (nSPS) is 15.1. The topological polar surface area (TPSA) is 76.7 Å². The number of ether oxygens (including phenoxy) is 2. The molecule has 1 amide bonds. The van der Waals surface area contributed by atoms with E-state index in [1.165, 1.54) is 0 Å². The van der Waals surface area contributed by atoms with Gasteiger partial charge in [-0.05, 0) is 51.8 Å². The number of amides is 1. The third-order valence-corrected chi connectivity index (χ3v) is 4.41. The molecule has 0 aromatic heterocycles. The summed E-state index contributed by atoms with van der Waals surface area (Å²) in [6.07, 6.45) is -5.26. The lowest BCUT2D eigenvalue weighted by Gasteiger charge is -2.30. The minimum atomic E-state index is -4.40. The maximum atomic E-state index is 12.7. The van der Waals surface area contributed by atoms with Crippen molar-refractivity contribution in [3.63, 3.8) is 0 Å². The number of rotatable bonds is 8. The highest BCUT2D eigenvalue weighted by molar-refractivity contribution is 6.30. The first kappa shape index (κ1) is 26.0. The van der Waals surface area contributed by atoms with Crippen LogP contribution >= 0.6 is 11.6 Å². The minimum Gasteiger partial charge on any atom is -0.467 e. The van der Waals surface area contributed by atoms with E-state index in [1.807, 2.05) is 0 Å². The molecule has 0 aliphatic heterocycles. The van der Waals surface area contributed by atoms with Crippen molar-refractivity contribution in [3.8, 4) is 0 Å². The van der Waals surface area contributed by atoms with Gasteiger partial charge in [0, 0.05) is 17.0 Å². The average molecular weight is 453 g/mol. The van der Waals surface area contributed by atoms with Crippen LogP contribution in [0.1, 0.15) is 45.6 Å². The first-order valence-electron chi connectivity index (χ1n) is 9.35. The summed E-state index contributed by atoms with van der Waals surface area (Å²) >= 11 is 6.04. The monoisotopic (exact) mass is 452 g/mol. The number of halogens is 4. The molecule has 1 aromatic carbocycles. The van der Waals surface area contributed by atoms with Gasteiger partial charge in [0.25, 0.3) is 0 Å². The summed E-state index contributed by atoms with van der Waals surface area (Å²) in [7, 11) is 1.16. The van der Waals surface area contributed by atoms with Gasteiger partial charge in [0.1, 0.15) is 11.6 Å². The quantitative estimate of drug-likeness (QED) is 0.571. The molecule has 170 valence electrons. The Labute approximate surface area is 179 Å². The summed E-state index contributed by atoms with van der Waals surface area (Å²) in [5.74, 6) is -1.33. The molecule has 0 fully saturated rings. The number of methoxy groups -OCH3 is 1. The summed E-state index contributed by atoms with van der Waals surface area (Å²) in [5.41, 5.74) is -0.178. The Morgan fingerprint density at radius 3 is 2.33 bits per heavy atom. The fraction of sp³-hybridized carbons (Fsp3) is 0.600. The summed E-state index contributed by atoms with van der Waals surface area (Å²) in [4.78, 5) is 24.4. The van der Waals surface area contributed by atoms with Crippen LogP contribution in [0.2, 0.25) is 5.02 Å². The van der Waals surface area contributed by atoms with Crippen molar-refractivity contribution in [2.75, 3.05) is 13.7 Å². The predicted octanol–water partition coefficient (Wildman–Crippen LogP) is 4.42. The SMILES string of the molecule is COC(=O)[C@@H](CC(c1cccc(Cl)c1)C(C)NCC(F)(F)F)NC(=O)OC(C)(C)C. The van der Waals surface area contributed by atoms with E-state index in [0.717, 1.165) is 7.11 Å². The lowest BCUT2D eigenvalue weighted by atomic mass is 9.86. The van der Waals surface area contributed by atoms with Crippen LogP contribution in [0.4, 0.5) is 18.0 Å². The number of alkyl halides is 3. The van der Waals surface area contributed by atoms with E-state index in [4.69, 9.17) is 21.1 Å². The zero-order chi connectivity index (χ0) is 23.1. The average Bonchev–Trinajstić information content (AvgIpc) is 2.60. The van der Waals surface area contributed by atoms with Crippen molar-refractivity contribution in [1.82, 2.24) is 10.6 Å². The lowest BCUT2D eigenvalue weighted by molar-refractivity contribution is -0.143. The van der Waals surface area contributed by atoms with Gasteiger partial charge in [-0.1, -0.05) is 23.7 Å². The van der Waals surface area contributed by atoms with Crippen molar-refractivity contribution in [3.05, 3.63) is 34.9 Å². The molecule has 1 rings (SSSR count). The predicted molar refractivity (Wildman–Crippen MR) is 108 cm³/mol. The molecule has 0 aliphatic carbocycles. The van der Waals surface area contributed by atoms with Crippen LogP contribution in [0.15, 0.2) is 24.3 Å². The molecule has 0 bridgehead atoms. The van der Waals surface area contributed by atoms with E-state index in [2.05, 4.69) is 10.6 Å². The first-order valence-corrected chi connectivity index (χ1v) is 9.72. The molecule has 2 N–H and O–H groups in total. The molecule has 30 heavy (non-hydrogen) atoms.